The summed E-state index contributed by atoms with van der Waals surface area (Å²) in [5.74, 6) is 0. The molecular formula is C10H16N2OS. The van der Waals surface area contributed by atoms with Gasteiger partial charge in [-0.05, 0) is 19.4 Å². The van der Waals surface area contributed by atoms with Crippen LogP contribution in [0.2, 0.25) is 0 Å². The molecule has 3 nitrogen and oxygen atoms in total. The number of hydrogen-bond acceptors (Lipinski definition) is 2. The maximum atomic E-state index is 11.8. The average Bonchev–Trinajstić information content (AvgIpc) is 2.02. The van der Waals surface area contributed by atoms with Gasteiger partial charge in [0.15, 0.2) is 0 Å². The molecule has 0 aromatic rings. The maximum Gasteiger partial charge on any atom is 0.324 e. The number of likely N-dealkylation sites (tertiary alicyclic amines) is 1. The van der Waals surface area contributed by atoms with E-state index in [1.807, 2.05) is 11.8 Å². The summed E-state index contributed by atoms with van der Waals surface area (Å²) in [6.07, 6.45) is 4.47. The van der Waals surface area contributed by atoms with Crippen LogP contribution in [0.25, 0.3) is 0 Å². The molecule has 78 valence electrons. The van der Waals surface area contributed by atoms with Gasteiger partial charge in [0.25, 0.3) is 0 Å². The second-order valence-corrected chi connectivity index (χ2v) is 3.59. The summed E-state index contributed by atoms with van der Waals surface area (Å²) in [4.78, 5) is 15.3. The van der Waals surface area contributed by atoms with Gasteiger partial charge in [-0.2, -0.15) is 0 Å². The maximum absolute atomic E-state index is 11.8. The van der Waals surface area contributed by atoms with Gasteiger partial charge >= 0.3 is 6.03 Å². The topological polar surface area (TPSA) is 23.6 Å². The van der Waals surface area contributed by atoms with Crippen molar-refractivity contribution < 1.29 is 4.79 Å². The molecule has 1 fully saturated rings. The fourth-order valence-corrected chi connectivity index (χ4v) is 1.60. The van der Waals surface area contributed by atoms with Gasteiger partial charge in [-0.15, -0.1) is 12.6 Å². The first-order valence-corrected chi connectivity index (χ1v) is 5.23. The molecular weight excluding hydrogens is 196 g/mol. The first-order chi connectivity index (χ1) is 6.70. The molecule has 4 heteroatoms. The van der Waals surface area contributed by atoms with Crippen molar-refractivity contribution in [2.24, 2.45) is 0 Å². The second-order valence-electron chi connectivity index (χ2n) is 3.13. The third-order valence-electron chi connectivity index (χ3n) is 2.22. The van der Waals surface area contributed by atoms with Crippen LogP contribution < -0.4 is 0 Å². The lowest BCUT2D eigenvalue weighted by Crippen LogP contribution is -2.48. The molecule has 0 spiro atoms. The minimum Gasteiger partial charge on any atom is -0.324 e. The van der Waals surface area contributed by atoms with Gasteiger partial charge in [0.2, 0.25) is 0 Å². The van der Waals surface area contributed by atoms with Gasteiger partial charge in [0.1, 0.15) is 0 Å². The zero-order valence-electron chi connectivity index (χ0n) is 8.44. The van der Waals surface area contributed by atoms with Gasteiger partial charge in [-0.25, -0.2) is 4.79 Å². The monoisotopic (exact) mass is 212 g/mol. The highest BCUT2D eigenvalue weighted by atomic mass is 32.1. The van der Waals surface area contributed by atoms with Crippen LogP contribution in [0.1, 0.15) is 13.3 Å². The number of nitrogens with zero attached hydrogens (tertiary/aromatic N) is 2. The Balaban J connectivity index is 2.64. The van der Waals surface area contributed by atoms with E-state index in [-0.39, 0.29) is 6.03 Å². The standard InChI is InChI=1S/C10H16N2OS/c1-3-6-9(14)12(4-2)10(13)11-7-5-8-11/h3,6,14H,1,4-5,7-8H2,2H3/b9-6-. The second kappa shape index (κ2) is 5.10. The van der Waals surface area contributed by atoms with E-state index in [1.165, 1.54) is 0 Å². The number of thiol groups is 1. The average molecular weight is 212 g/mol. The van der Waals surface area contributed by atoms with Crippen LogP contribution >= 0.6 is 12.6 Å². The first-order valence-electron chi connectivity index (χ1n) is 4.78. The van der Waals surface area contributed by atoms with Gasteiger partial charge in [0, 0.05) is 19.6 Å². The van der Waals surface area contributed by atoms with Gasteiger partial charge in [-0.3, -0.25) is 4.90 Å². The summed E-state index contributed by atoms with van der Waals surface area (Å²) in [6, 6.07) is 0.0434. The highest BCUT2D eigenvalue weighted by Crippen LogP contribution is 2.16. The van der Waals surface area contributed by atoms with Crippen LogP contribution in [0.4, 0.5) is 4.79 Å². The minimum atomic E-state index is 0.0434. The van der Waals surface area contributed by atoms with Crippen LogP contribution in [0.3, 0.4) is 0 Å². The Morgan fingerprint density at radius 2 is 2.29 bits per heavy atom. The molecule has 0 radical (unpaired) electrons. The Bertz CT molecular complexity index is 259. The lowest BCUT2D eigenvalue weighted by atomic mass is 10.2. The van der Waals surface area contributed by atoms with Crippen molar-refractivity contribution in [3.8, 4) is 0 Å². The molecule has 1 saturated heterocycles. The number of hydrogen-bond donors (Lipinski definition) is 1. The molecule has 0 unspecified atom stereocenters. The lowest BCUT2D eigenvalue weighted by molar-refractivity contribution is 0.141. The number of amides is 2. The zero-order chi connectivity index (χ0) is 10.6. The number of rotatable bonds is 3. The molecule has 0 N–H and O–H groups in total. The Morgan fingerprint density at radius 3 is 2.64 bits per heavy atom. The summed E-state index contributed by atoms with van der Waals surface area (Å²) in [7, 11) is 0. The van der Waals surface area contributed by atoms with E-state index in [0.717, 1.165) is 19.5 Å². The Labute approximate surface area is 90.5 Å². The predicted molar refractivity (Wildman–Crippen MR) is 61.2 cm³/mol. The molecule has 0 aromatic heterocycles. The van der Waals surface area contributed by atoms with Crippen molar-refractivity contribution in [3.63, 3.8) is 0 Å². The molecule has 0 saturated carbocycles. The van der Waals surface area contributed by atoms with Gasteiger partial charge in [-0.1, -0.05) is 12.7 Å². The molecule has 0 atom stereocenters. The van der Waals surface area contributed by atoms with E-state index in [0.29, 0.717) is 11.6 Å². The zero-order valence-corrected chi connectivity index (χ0v) is 9.33. The fraction of sp³-hybridized carbons (Fsp3) is 0.500. The third kappa shape index (κ3) is 2.32. The summed E-state index contributed by atoms with van der Waals surface area (Å²) in [6.45, 7) is 7.88. The van der Waals surface area contributed by atoms with Crippen LogP contribution in [-0.4, -0.2) is 35.5 Å². The molecule has 1 aliphatic heterocycles. The van der Waals surface area contributed by atoms with E-state index >= 15 is 0 Å². The number of allylic oxidation sites excluding steroid dienone is 2. The largest absolute Gasteiger partial charge is 0.324 e. The molecule has 0 aliphatic carbocycles. The Morgan fingerprint density at radius 1 is 1.64 bits per heavy atom. The van der Waals surface area contributed by atoms with E-state index in [2.05, 4.69) is 19.2 Å². The number of urea groups is 1. The van der Waals surface area contributed by atoms with Crippen LogP contribution in [0.5, 0.6) is 0 Å². The Hall–Kier alpha value is -0.900. The molecule has 0 bridgehead atoms. The van der Waals surface area contributed by atoms with Crippen molar-refractivity contribution >= 4 is 18.7 Å². The van der Waals surface area contributed by atoms with Crippen molar-refractivity contribution in [1.29, 1.82) is 0 Å². The van der Waals surface area contributed by atoms with Crippen LogP contribution in [0.15, 0.2) is 23.8 Å². The Kier molecular flexibility index (Phi) is 4.07. The van der Waals surface area contributed by atoms with E-state index in [4.69, 9.17) is 0 Å². The molecule has 1 aliphatic rings. The molecule has 2 amide bonds. The van der Waals surface area contributed by atoms with Crippen molar-refractivity contribution in [2.45, 2.75) is 13.3 Å². The quantitative estimate of drug-likeness (QED) is 0.562. The minimum absolute atomic E-state index is 0.0434. The highest BCUT2D eigenvalue weighted by molar-refractivity contribution is 7.84. The summed E-state index contributed by atoms with van der Waals surface area (Å²) < 4.78 is 0. The van der Waals surface area contributed by atoms with E-state index < -0.39 is 0 Å². The van der Waals surface area contributed by atoms with Crippen molar-refractivity contribution in [2.75, 3.05) is 19.6 Å². The predicted octanol–water partition coefficient (Wildman–Crippen LogP) is 2.09. The van der Waals surface area contributed by atoms with Gasteiger partial charge < -0.3 is 4.90 Å². The number of carbonyl (C=O) groups excluding carboxylic acids is 1. The van der Waals surface area contributed by atoms with E-state index in [1.54, 1.807) is 17.1 Å². The molecule has 1 heterocycles. The van der Waals surface area contributed by atoms with Crippen LogP contribution in [0, 0.1) is 0 Å². The first kappa shape index (κ1) is 11.2. The molecule has 0 aromatic carbocycles. The summed E-state index contributed by atoms with van der Waals surface area (Å²) >= 11 is 4.25. The number of carbonyl (C=O) groups is 1. The van der Waals surface area contributed by atoms with E-state index in [9.17, 15) is 4.79 Å². The third-order valence-corrected chi connectivity index (χ3v) is 2.61. The fourth-order valence-electron chi connectivity index (χ4n) is 1.27. The summed E-state index contributed by atoms with van der Waals surface area (Å²) in [5, 5.41) is 0.652. The smallest absolute Gasteiger partial charge is 0.324 e. The normalized spacial score (nSPS) is 16.1. The van der Waals surface area contributed by atoms with Crippen LogP contribution in [-0.2, 0) is 0 Å². The van der Waals surface area contributed by atoms with Crippen molar-refractivity contribution in [1.82, 2.24) is 9.80 Å². The van der Waals surface area contributed by atoms with Crippen molar-refractivity contribution in [3.05, 3.63) is 23.8 Å². The molecule has 1 rings (SSSR count). The summed E-state index contributed by atoms with van der Waals surface area (Å²) in [5.41, 5.74) is 0. The van der Waals surface area contributed by atoms with Gasteiger partial charge in [0.05, 0.1) is 5.03 Å². The lowest BCUT2D eigenvalue weighted by Gasteiger charge is -2.35. The highest BCUT2D eigenvalue weighted by Gasteiger charge is 2.25. The SMILES string of the molecule is C=C/C=C(\S)N(CC)C(=O)N1CCC1. The molecule has 14 heavy (non-hydrogen) atoms.